The summed E-state index contributed by atoms with van der Waals surface area (Å²) in [4.78, 5) is 17.5. The van der Waals surface area contributed by atoms with Gasteiger partial charge < -0.3 is 0 Å². The molecular formula is C20H13Cl2N3OS. The number of fused-ring (bicyclic) bond motifs is 1. The van der Waals surface area contributed by atoms with Gasteiger partial charge in [0.2, 0.25) is 0 Å². The molecule has 0 unspecified atom stereocenters. The van der Waals surface area contributed by atoms with Crippen molar-refractivity contribution in [2.45, 2.75) is 16.8 Å². The van der Waals surface area contributed by atoms with E-state index >= 15 is 0 Å². The second-order valence-electron chi connectivity index (χ2n) is 5.94. The van der Waals surface area contributed by atoms with Gasteiger partial charge in [-0.15, -0.1) is 0 Å². The smallest absolute Gasteiger partial charge is 0.267 e. The lowest BCUT2D eigenvalue weighted by Crippen LogP contribution is -2.14. The summed E-state index contributed by atoms with van der Waals surface area (Å²) < 4.78 is 1.58. The number of aryl methyl sites for hydroxylation is 1. The van der Waals surface area contributed by atoms with Gasteiger partial charge in [-0.3, -0.25) is 4.79 Å². The number of hydrogen-bond donors (Lipinski definition) is 0. The van der Waals surface area contributed by atoms with E-state index in [0.29, 0.717) is 26.7 Å². The molecule has 0 fully saturated rings. The summed E-state index contributed by atoms with van der Waals surface area (Å²) in [5.41, 5.74) is 2.19. The molecule has 0 atom stereocenters. The molecule has 0 spiro atoms. The molecule has 2 aromatic carbocycles. The first-order valence-electron chi connectivity index (χ1n) is 8.10. The minimum atomic E-state index is -0.397. The number of hydrogen-bond acceptors (Lipinski definition) is 4. The van der Waals surface area contributed by atoms with Crippen molar-refractivity contribution in [2.75, 3.05) is 0 Å². The van der Waals surface area contributed by atoms with Gasteiger partial charge in [0.25, 0.3) is 5.56 Å². The van der Waals surface area contributed by atoms with Crippen molar-refractivity contribution in [3.63, 3.8) is 0 Å². The zero-order valence-electron chi connectivity index (χ0n) is 14.2. The molecule has 0 aliphatic heterocycles. The Balaban J connectivity index is 1.85. The van der Waals surface area contributed by atoms with Gasteiger partial charge >= 0.3 is 0 Å². The molecule has 4 rings (SSSR count). The maximum absolute atomic E-state index is 12.5. The average Bonchev–Trinajstić information content (AvgIpc) is 2.63. The highest BCUT2D eigenvalue weighted by Gasteiger charge is 2.17. The van der Waals surface area contributed by atoms with E-state index in [1.165, 1.54) is 23.7 Å². The SMILES string of the molecule is Cc1cccc(Sc2ccc3c(-c4c(Cl)cccc4Cl)c(=O)ncn3n2)c1. The van der Waals surface area contributed by atoms with E-state index in [0.717, 1.165) is 9.92 Å². The van der Waals surface area contributed by atoms with Crippen molar-refractivity contribution in [3.05, 3.63) is 86.9 Å². The fourth-order valence-electron chi connectivity index (χ4n) is 2.81. The highest BCUT2D eigenvalue weighted by atomic mass is 35.5. The van der Waals surface area contributed by atoms with Crippen molar-refractivity contribution in [1.29, 1.82) is 0 Å². The van der Waals surface area contributed by atoms with E-state index in [-0.39, 0.29) is 0 Å². The molecule has 4 nitrogen and oxygen atoms in total. The quantitative estimate of drug-likeness (QED) is 0.443. The summed E-state index contributed by atoms with van der Waals surface area (Å²) in [7, 11) is 0. The summed E-state index contributed by atoms with van der Waals surface area (Å²) in [5.74, 6) is 0. The van der Waals surface area contributed by atoms with Gasteiger partial charge in [0, 0.05) is 10.5 Å². The topological polar surface area (TPSA) is 47.3 Å². The van der Waals surface area contributed by atoms with Gasteiger partial charge in [0.05, 0.1) is 21.1 Å². The average molecular weight is 414 g/mol. The van der Waals surface area contributed by atoms with Crippen LogP contribution in [0, 0.1) is 6.92 Å². The number of rotatable bonds is 3. The summed E-state index contributed by atoms with van der Waals surface area (Å²) in [5, 5.41) is 6.16. The van der Waals surface area contributed by atoms with Gasteiger partial charge in [-0.25, -0.2) is 4.52 Å². The Morgan fingerprint density at radius 1 is 0.963 bits per heavy atom. The molecule has 4 aromatic rings. The summed E-state index contributed by atoms with van der Waals surface area (Å²) in [6.07, 6.45) is 1.41. The maximum Gasteiger partial charge on any atom is 0.281 e. The zero-order chi connectivity index (χ0) is 19.0. The van der Waals surface area contributed by atoms with Crippen molar-refractivity contribution in [2.24, 2.45) is 0 Å². The number of halogens is 2. The molecule has 0 aliphatic carbocycles. The van der Waals surface area contributed by atoms with Gasteiger partial charge in [0.1, 0.15) is 11.4 Å². The Morgan fingerprint density at radius 3 is 2.44 bits per heavy atom. The molecule has 0 N–H and O–H groups in total. The standard InChI is InChI=1S/C20H13Cl2N3OS/c1-12-4-2-5-13(10-12)27-17-9-8-16-19(20(26)23-11-25(16)24-17)18-14(21)6-3-7-15(18)22/h2-11H,1H3. The van der Waals surface area contributed by atoms with E-state index in [4.69, 9.17) is 23.2 Å². The highest BCUT2D eigenvalue weighted by Crippen LogP contribution is 2.35. The first-order valence-corrected chi connectivity index (χ1v) is 9.68. The van der Waals surface area contributed by atoms with Crippen LogP contribution in [-0.2, 0) is 0 Å². The van der Waals surface area contributed by atoms with Gasteiger partial charge in [0.15, 0.2) is 0 Å². The molecule has 0 amide bonds. The Labute approximate surface area is 169 Å². The van der Waals surface area contributed by atoms with E-state index in [1.807, 2.05) is 37.3 Å². The predicted molar refractivity (Wildman–Crippen MR) is 110 cm³/mol. The molecule has 27 heavy (non-hydrogen) atoms. The molecule has 2 aromatic heterocycles. The van der Waals surface area contributed by atoms with Crippen molar-refractivity contribution in [1.82, 2.24) is 14.6 Å². The first-order chi connectivity index (χ1) is 13.0. The lowest BCUT2D eigenvalue weighted by atomic mass is 10.1. The summed E-state index contributed by atoms with van der Waals surface area (Å²) >= 11 is 14.1. The van der Waals surface area contributed by atoms with Gasteiger partial charge in [-0.1, -0.05) is 58.7 Å². The summed E-state index contributed by atoms with van der Waals surface area (Å²) in [6, 6.07) is 17.0. The van der Waals surface area contributed by atoms with Crippen molar-refractivity contribution in [3.8, 4) is 11.1 Å². The minimum Gasteiger partial charge on any atom is -0.267 e. The predicted octanol–water partition coefficient (Wildman–Crippen LogP) is 5.52. The Hall–Kier alpha value is -2.34. The molecule has 7 heteroatoms. The molecule has 0 bridgehead atoms. The van der Waals surface area contributed by atoms with E-state index in [1.54, 1.807) is 22.7 Å². The third-order valence-corrected chi connectivity index (χ3v) is 5.56. The molecule has 0 aliphatic rings. The highest BCUT2D eigenvalue weighted by molar-refractivity contribution is 7.99. The van der Waals surface area contributed by atoms with Gasteiger partial charge in [-0.05, 0) is 43.3 Å². The van der Waals surface area contributed by atoms with E-state index in [9.17, 15) is 4.79 Å². The van der Waals surface area contributed by atoms with Crippen molar-refractivity contribution < 1.29 is 0 Å². The van der Waals surface area contributed by atoms with Crippen LogP contribution in [0.15, 0.2) is 75.6 Å². The van der Waals surface area contributed by atoms with Crippen LogP contribution in [0.1, 0.15) is 5.56 Å². The number of nitrogens with zero attached hydrogens (tertiary/aromatic N) is 3. The number of benzene rings is 2. The van der Waals surface area contributed by atoms with Crippen LogP contribution >= 0.6 is 35.0 Å². The fraction of sp³-hybridized carbons (Fsp3) is 0.0500. The van der Waals surface area contributed by atoms with Crippen LogP contribution in [-0.4, -0.2) is 14.6 Å². The second-order valence-corrected chi connectivity index (χ2v) is 7.85. The lowest BCUT2D eigenvalue weighted by molar-refractivity contribution is 0.824. The van der Waals surface area contributed by atoms with Crippen LogP contribution in [0.2, 0.25) is 10.0 Å². The van der Waals surface area contributed by atoms with Crippen LogP contribution in [0.3, 0.4) is 0 Å². The Bertz CT molecular complexity index is 1200. The van der Waals surface area contributed by atoms with Gasteiger partial charge in [-0.2, -0.15) is 10.1 Å². The second kappa shape index (κ2) is 7.35. The zero-order valence-corrected chi connectivity index (χ0v) is 16.5. The normalized spacial score (nSPS) is 11.1. The van der Waals surface area contributed by atoms with Crippen LogP contribution in [0.5, 0.6) is 0 Å². The van der Waals surface area contributed by atoms with E-state index < -0.39 is 5.56 Å². The molecule has 134 valence electrons. The maximum atomic E-state index is 12.5. The molecule has 0 radical (unpaired) electrons. The molecule has 2 heterocycles. The van der Waals surface area contributed by atoms with Crippen LogP contribution in [0.4, 0.5) is 0 Å². The third kappa shape index (κ3) is 3.58. The minimum absolute atomic E-state index is 0.340. The van der Waals surface area contributed by atoms with E-state index in [2.05, 4.69) is 16.1 Å². The van der Waals surface area contributed by atoms with Crippen LogP contribution < -0.4 is 5.56 Å². The fourth-order valence-corrected chi connectivity index (χ4v) is 4.30. The lowest BCUT2D eigenvalue weighted by Gasteiger charge is -2.10. The molecule has 0 saturated carbocycles. The molecule has 0 saturated heterocycles. The van der Waals surface area contributed by atoms with Crippen LogP contribution in [0.25, 0.3) is 16.6 Å². The largest absolute Gasteiger partial charge is 0.281 e. The van der Waals surface area contributed by atoms with Crippen molar-refractivity contribution >= 4 is 40.5 Å². The molecular weight excluding hydrogens is 401 g/mol. The summed E-state index contributed by atoms with van der Waals surface area (Å²) in [6.45, 7) is 2.05. The third-order valence-electron chi connectivity index (χ3n) is 4.02. The first kappa shape index (κ1) is 18.0. The Morgan fingerprint density at radius 2 is 1.70 bits per heavy atom. The monoisotopic (exact) mass is 413 g/mol. The number of aromatic nitrogens is 3. The Kier molecular flexibility index (Phi) is 4.91.